The molecule has 3 aromatic carbocycles. The van der Waals surface area contributed by atoms with Crippen LogP contribution in [0.3, 0.4) is 0 Å². The highest BCUT2D eigenvalue weighted by atomic mass is 35.5. The molecule has 0 aliphatic rings. The number of hydrogen-bond donors (Lipinski definition) is 1. The maximum Gasteiger partial charge on any atom is 0.244 e. The molecule has 0 aliphatic heterocycles. The van der Waals surface area contributed by atoms with Crippen LogP contribution in [0.15, 0.2) is 72.8 Å². The van der Waals surface area contributed by atoms with Crippen LogP contribution in [0.25, 0.3) is 0 Å². The summed E-state index contributed by atoms with van der Waals surface area (Å²) in [5.74, 6) is -0.856. The molecule has 0 fully saturated rings. The average molecular weight is 605 g/mol. The highest BCUT2D eigenvalue weighted by molar-refractivity contribution is 7.92. The highest BCUT2D eigenvalue weighted by Crippen LogP contribution is 2.25. The molecule has 40 heavy (non-hydrogen) atoms. The summed E-state index contributed by atoms with van der Waals surface area (Å²) in [4.78, 5) is 29.2. The van der Waals surface area contributed by atoms with E-state index in [1.807, 2.05) is 51.1 Å². The van der Waals surface area contributed by atoms with Gasteiger partial charge >= 0.3 is 0 Å². The molecule has 0 aliphatic carbocycles. The first-order valence-electron chi connectivity index (χ1n) is 13.0. The van der Waals surface area contributed by atoms with E-state index in [2.05, 4.69) is 5.32 Å². The number of carbonyl (C=O) groups excluding carboxylic acids is 2. The molecule has 0 saturated heterocycles. The van der Waals surface area contributed by atoms with E-state index in [-0.39, 0.29) is 24.9 Å². The highest BCUT2D eigenvalue weighted by Gasteiger charge is 2.33. The number of carbonyl (C=O) groups is 2. The number of halogens is 2. The monoisotopic (exact) mass is 603 g/mol. The number of aryl methyl sites for hydroxylation is 1. The number of sulfonamides is 1. The first kappa shape index (κ1) is 31.5. The van der Waals surface area contributed by atoms with Crippen LogP contribution >= 0.6 is 23.2 Å². The summed E-state index contributed by atoms with van der Waals surface area (Å²) in [6.07, 6.45) is 2.00. The van der Waals surface area contributed by atoms with Gasteiger partial charge < -0.3 is 10.2 Å². The lowest BCUT2D eigenvalue weighted by molar-refractivity contribution is -0.140. The van der Waals surface area contributed by atoms with Gasteiger partial charge in [0.15, 0.2) is 0 Å². The van der Waals surface area contributed by atoms with Crippen molar-refractivity contribution in [3.05, 3.63) is 99.5 Å². The molecule has 7 nitrogen and oxygen atoms in total. The first-order valence-corrected chi connectivity index (χ1v) is 15.6. The van der Waals surface area contributed by atoms with Crippen molar-refractivity contribution < 1.29 is 18.0 Å². The standard InChI is InChI=1S/C30H35Cl2N3O4S/c1-5-22(3)33-30(37)28(18-23-9-7-6-8-10-23)34(19-24-13-16-26(31)27(32)17-24)29(36)20-35(40(4,38)39)25-14-11-21(2)12-15-25/h6-17,22,28H,5,18-20H2,1-4H3,(H,33,37)/t22-,28-/m0/s1. The van der Waals surface area contributed by atoms with Gasteiger partial charge in [0, 0.05) is 19.0 Å². The number of anilines is 1. The van der Waals surface area contributed by atoms with Crippen molar-refractivity contribution >= 4 is 50.7 Å². The van der Waals surface area contributed by atoms with Crippen molar-refractivity contribution in [1.29, 1.82) is 0 Å². The van der Waals surface area contributed by atoms with Crippen LogP contribution in [0.4, 0.5) is 5.69 Å². The molecule has 0 spiro atoms. The van der Waals surface area contributed by atoms with E-state index in [1.165, 1.54) is 4.90 Å². The van der Waals surface area contributed by atoms with E-state index in [4.69, 9.17) is 23.2 Å². The summed E-state index contributed by atoms with van der Waals surface area (Å²) in [5, 5.41) is 3.68. The molecule has 214 valence electrons. The summed E-state index contributed by atoms with van der Waals surface area (Å²) in [7, 11) is -3.83. The van der Waals surface area contributed by atoms with E-state index < -0.39 is 28.5 Å². The van der Waals surface area contributed by atoms with Gasteiger partial charge in [-0.3, -0.25) is 13.9 Å². The number of amides is 2. The SMILES string of the molecule is CC[C@H](C)NC(=O)[C@H](Cc1ccccc1)N(Cc1ccc(Cl)c(Cl)c1)C(=O)CN(c1ccc(C)cc1)S(C)(=O)=O. The number of hydrogen-bond acceptors (Lipinski definition) is 4. The first-order chi connectivity index (χ1) is 18.9. The zero-order chi connectivity index (χ0) is 29.4. The van der Waals surface area contributed by atoms with E-state index in [0.717, 1.165) is 21.7 Å². The van der Waals surface area contributed by atoms with Gasteiger partial charge in [-0.25, -0.2) is 8.42 Å². The third-order valence-electron chi connectivity index (χ3n) is 6.61. The Morgan fingerprint density at radius 1 is 0.925 bits per heavy atom. The van der Waals surface area contributed by atoms with Crippen LogP contribution in [0.1, 0.15) is 37.0 Å². The van der Waals surface area contributed by atoms with E-state index in [1.54, 1.807) is 42.5 Å². The van der Waals surface area contributed by atoms with Gasteiger partial charge in [0.1, 0.15) is 12.6 Å². The molecule has 1 N–H and O–H groups in total. The molecule has 0 unspecified atom stereocenters. The van der Waals surface area contributed by atoms with Crippen LogP contribution in [0.5, 0.6) is 0 Å². The van der Waals surface area contributed by atoms with E-state index >= 15 is 0 Å². The quantitative estimate of drug-likeness (QED) is 0.291. The van der Waals surface area contributed by atoms with Crippen molar-refractivity contribution in [2.24, 2.45) is 0 Å². The van der Waals surface area contributed by atoms with Crippen LogP contribution in [0, 0.1) is 6.92 Å². The minimum absolute atomic E-state index is 0.0205. The Bertz CT molecular complexity index is 1420. The fourth-order valence-corrected chi connectivity index (χ4v) is 5.32. The van der Waals surface area contributed by atoms with Crippen molar-refractivity contribution in [3.63, 3.8) is 0 Å². The molecule has 0 saturated carbocycles. The molecule has 10 heteroatoms. The van der Waals surface area contributed by atoms with Crippen molar-refractivity contribution in [2.75, 3.05) is 17.1 Å². The second kappa shape index (κ2) is 14.0. The lowest BCUT2D eigenvalue weighted by Crippen LogP contribution is -2.54. The lowest BCUT2D eigenvalue weighted by Gasteiger charge is -2.34. The van der Waals surface area contributed by atoms with Gasteiger partial charge in [-0.2, -0.15) is 0 Å². The maximum absolute atomic E-state index is 14.1. The Morgan fingerprint density at radius 3 is 2.15 bits per heavy atom. The summed E-state index contributed by atoms with van der Waals surface area (Å²) >= 11 is 12.4. The average Bonchev–Trinajstić information content (AvgIpc) is 2.91. The molecule has 0 bridgehead atoms. The normalized spacial score (nSPS) is 12.8. The fraction of sp³-hybridized carbons (Fsp3) is 0.333. The minimum atomic E-state index is -3.83. The van der Waals surface area contributed by atoms with E-state index in [0.29, 0.717) is 27.7 Å². The Balaban J connectivity index is 2.07. The van der Waals surface area contributed by atoms with Crippen LogP contribution in [-0.4, -0.2) is 50.0 Å². The molecule has 2 atom stereocenters. The molecule has 0 heterocycles. The summed E-state index contributed by atoms with van der Waals surface area (Å²) in [6.45, 7) is 5.29. The van der Waals surface area contributed by atoms with Crippen molar-refractivity contribution in [1.82, 2.24) is 10.2 Å². The Hall–Kier alpha value is -3.07. The van der Waals surface area contributed by atoms with E-state index in [9.17, 15) is 18.0 Å². The molecule has 2 amide bonds. The van der Waals surface area contributed by atoms with Crippen LogP contribution < -0.4 is 9.62 Å². The Labute approximate surface area is 247 Å². The predicted molar refractivity (Wildman–Crippen MR) is 162 cm³/mol. The Kier molecular flexibility index (Phi) is 11.0. The number of nitrogens with zero attached hydrogens (tertiary/aromatic N) is 2. The van der Waals surface area contributed by atoms with Gasteiger partial charge in [-0.1, -0.05) is 84.2 Å². The topological polar surface area (TPSA) is 86.8 Å². The van der Waals surface area contributed by atoms with Gasteiger partial charge in [0.25, 0.3) is 0 Å². The van der Waals surface area contributed by atoms with Gasteiger partial charge in [-0.15, -0.1) is 0 Å². The summed E-state index contributed by atoms with van der Waals surface area (Å²) < 4.78 is 26.7. The van der Waals surface area contributed by atoms with Gasteiger partial charge in [-0.05, 0) is 55.7 Å². The third kappa shape index (κ3) is 8.71. The lowest BCUT2D eigenvalue weighted by atomic mass is 10.0. The summed E-state index contributed by atoms with van der Waals surface area (Å²) in [5.41, 5.74) is 2.82. The third-order valence-corrected chi connectivity index (χ3v) is 8.49. The second-order valence-corrected chi connectivity index (χ2v) is 12.6. The largest absolute Gasteiger partial charge is 0.352 e. The molecule has 3 aromatic rings. The van der Waals surface area contributed by atoms with Gasteiger partial charge in [0.2, 0.25) is 21.8 Å². The molecular formula is C30H35Cl2N3O4S. The summed E-state index contributed by atoms with van der Waals surface area (Å²) in [6, 6.07) is 20.2. The molecule has 3 rings (SSSR count). The second-order valence-electron chi connectivity index (χ2n) is 9.90. The predicted octanol–water partition coefficient (Wildman–Crippen LogP) is 5.62. The Morgan fingerprint density at radius 2 is 1.57 bits per heavy atom. The van der Waals surface area contributed by atoms with Crippen LogP contribution in [-0.2, 0) is 32.6 Å². The van der Waals surface area contributed by atoms with Gasteiger partial charge in [0.05, 0.1) is 22.0 Å². The van der Waals surface area contributed by atoms with Crippen LogP contribution in [0.2, 0.25) is 10.0 Å². The zero-order valence-corrected chi connectivity index (χ0v) is 25.4. The fourth-order valence-electron chi connectivity index (χ4n) is 4.15. The smallest absolute Gasteiger partial charge is 0.244 e. The maximum atomic E-state index is 14.1. The molecule has 0 aromatic heterocycles. The minimum Gasteiger partial charge on any atom is -0.352 e. The number of nitrogens with one attached hydrogen (secondary N) is 1. The number of rotatable bonds is 12. The number of benzene rings is 3. The zero-order valence-electron chi connectivity index (χ0n) is 23.1. The van der Waals surface area contributed by atoms with Crippen molar-refractivity contribution in [2.45, 2.75) is 52.2 Å². The molecular weight excluding hydrogens is 569 g/mol. The molecule has 0 radical (unpaired) electrons. The van der Waals surface area contributed by atoms with Crippen molar-refractivity contribution in [3.8, 4) is 0 Å².